The van der Waals surface area contributed by atoms with Crippen molar-refractivity contribution in [1.82, 2.24) is 25.1 Å². The first-order valence-corrected chi connectivity index (χ1v) is 16.5. The molecule has 5 aromatic rings. The number of carbonyl (C=O) groups excluding carboxylic acids is 2. The Bertz CT molecular complexity index is 1830. The number of hydrazone groups is 1. The number of amides is 2. The molecule has 1 N–H and O–H groups in total. The molecular weight excluding hydrogens is 642 g/mol. The molecule has 1 aliphatic heterocycles. The molecule has 0 spiro atoms. The molecule has 0 saturated heterocycles. The van der Waals surface area contributed by atoms with Crippen molar-refractivity contribution >= 4 is 52.0 Å². The minimum absolute atomic E-state index is 0.0927. The fourth-order valence-electron chi connectivity index (χ4n) is 4.82. The highest BCUT2D eigenvalue weighted by Crippen LogP contribution is 2.36. The van der Waals surface area contributed by atoms with Crippen LogP contribution in [0, 0.1) is 6.92 Å². The van der Waals surface area contributed by atoms with E-state index in [-0.39, 0.29) is 46.8 Å². The summed E-state index contributed by atoms with van der Waals surface area (Å²) in [5, 5.41) is 21.3. The van der Waals surface area contributed by atoms with Gasteiger partial charge in [0.25, 0.3) is 11.8 Å². The molecule has 0 radical (unpaired) electrons. The Balaban J connectivity index is 1.27. The molecule has 6 rings (SSSR count). The number of hydrogen-bond donors (Lipinski definition) is 1. The van der Waals surface area contributed by atoms with Crippen LogP contribution in [-0.4, -0.2) is 43.1 Å². The lowest BCUT2D eigenvalue weighted by Gasteiger charge is -2.22. The smallest absolute Gasteiger partial charge is 0.344 e. The van der Waals surface area contributed by atoms with Gasteiger partial charge < -0.3 is 5.32 Å². The Morgan fingerprint density at radius 3 is 2.49 bits per heavy atom. The summed E-state index contributed by atoms with van der Waals surface area (Å²) in [4.78, 5) is 27.8. The molecule has 0 unspecified atom stereocenters. The molecule has 0 fully saturated rings. The van der Waals surface area contributed by atoms with Crippen molar-refractivity contribution in [3.8, 4) is 5.69 Å². The number of hydrogen-bond acceptors (Lipinski definition) is 8. The third-order valence-corrected chi connectivity index (χ3v) is 9.74. The molecule has 14 heteroatoms. The molecular formula is C31H25F3N6O2S3. The zero-order chi connectivity index (χ0) is 31.6. The van der Waals surface area contributed by atoms with Gasteiger partial charge in [-0.2, -0.15) is 18.3 Å². The number of rotatable bonds is 9. The maximum absolute atomic E-state index is 13.7. The van der Waals surface area contributed by atoms with E-state index >= 15 is 0 Å². The monoisotopic (exact) mass is 666 g/mol. The summed E-state index contributed by atoms with van der Waals surface area (Å²) < 4.78 is 42.3. The predicted octanol–water partition coefficient (Wildman–Crippen LogP) is 7.12. The Morgan fingerprint density at radius 1 is 1.00 bits per heavy atom. The molecule has 0 saturated carbocycles. The third kappa shape index (κ3) is 6.87. The summed E-state index contributed by atoms with van der Waals surface area (Å²) in [6, 6.07) is 19.7. The molecule has 8 nitrogen and oxygen atoms in total. The van der Waals surface area contributed by atoms with Crippen LogP contribution in [0.25, 0.3) is 5.69 Å². The minimum atomic E-state index is -4.57. The van der Waals surface area contributed by atoms with Crippen LogP contribution in [0.1, 0.15) is 49.5 Å². The molecule has 45 heavy (non-hydrogen) atoms. The normalized spacial score (nSPS) is 14.9. The Kier molecular flexibility index (Phi) is 8.88. The van der Waals surface area contributed by atoms with Crippen molar-refractivity contribution in [3.05, 3.63) is 116 Å². The van der Waals surface area contributed by atoms with Gasteiger partial charge in [0.15, 0.2) is 11.0 Å². The van der Waals surface area contributed by atoms with Crippen molar-refractivity contribution in [2.45, 2.75) is 37.3 Å². The molecule has 1 atom stereocenters. The van der Waals surface area contributed by atoms with Crippen LogP contribution in [0.15, 0.2) is 93.8 Å². The van der Waals surface area contributed by atoms with Gasteiger partial charge in [0.2, 0.25) is 0 Å². The van der Waals surface area contributed by atoms with Gasteiger partial charge in [0, 0.05) is 6.42 Å². The second-order valence-electron chi connectivity index (χ2n) is 10.1. The summed E-state index contributed by atoms with van der Waals surface area (Å²) in [7, 11) is 0. The second-order valence-corrected chi connectivity index (χ2v) is 13.0. The topological polar surface area (TPSA) is 92.5 Å². The van der Waals surface area contributed by atoms with Gasteiger partial charge in [-0.15, -0.1) is 32.9 Å². The molecule has 4 heterocycles. The first kappa shape index (κ1) is 30.7. The Labute approximate surface area is 268 Å². The fraction of sp³-hybridized carbons (Fsp3) is 0.194. The number of aryl methyl sites for hydroxylation is 1. The quantitative estimate of drug-likeness (QED) is 0.169. The van der Waals surface area contributed by atoms with E-state index in [0.29, 0.717) is 11.3 Å². The van der Waals surface area contributed by atoms with Crippen LogP contribution in [0.2, 0.25) is 0 Å². The standard InChI is InChI=1S/C31H25F3N6O2S3/c1-19-9-11-20(12-10-19)24-16-23(25-7-3-13-43-25)38-40(24)28(41)18-45-30-37-36-27(17-35-29(42)26-8-4-14-44-26)39(30)22-6-2-5-21(15-22)31(32,33)34/h2-15,24H,16-18H2,1H3,(H,35,42)/t24-/m0/s1. The Hall–Kier alpha value is -4.27. The summed E-state index contributed by atoms with van der Waals surface area (Å²) >= 11 is 3.85. The number of aromatic nitrogens is 3. The highest BCUT2D eigenvalue weighted by atomic mass is 32.2. The van der Waals surface area contributed by atoms with Crippen LogP contribution in [0.4, 0.5) is 13.2 Å². The molecule has 230 valence electrons. The number of halogens is 3. The summed E-state index contributed by atoms with van der Waals surface area (Å²) in [5.74, 6) is -0.514. The SMILES string of the molecule is Cc1ccc([C@@H]2CC(c3cccs3)=NN2C(=O)CSc2nnc(CNC(=O)c3cccs3)n2-c2cccc(C(F)(F)F)c2)cc1. The lowest BCUT2D eigenvalue weighted by molar-refractivity contribution is -0.137. The lowest BCUT2D eigenvalue weighted by atomic mass is 10.00. The molecule has 1 aliphatic rings. The number of thiophene rings is 2. The number of nitrogens with zero attached hydrogens (tertiary/aromatic N) is 5. The number of alkyl halides is 3. The average molecular weight is 667 g/mol. The molecule has 0 bridgehead atoms. The van der Waals surface area contributed by atoms with Crippen molar-refractivity contribution < 1.29 is 22.8 Å². The maximum atomic E-state index is 13.7. The van der Waals surface area contributed by atoms with E-state index in [1.54, 1.807) is 28.8 Å². The van der Waals surface area contributed by atoms with Gasteiger partial charge in [0.05, 0.1) is 45.1 Å². The first-order chi connectivity index (χ1) is 21.7. The van der Waals surface area contributed by atoms with Crippen LogP contribution in [0.5, 0.6) is 0 Å². The van der Waals surface area contributed by atoms with Gasteiger partial charge in [-0.3, -0.25) is 14.2 Å². The third-order valence-electron chi connectivity index (χ3n) is 7.04. The van der Waals surface area contributed by atoms with Crippen LogP contribution >= 0.6 is 34.4 Å². The van der Waals surface area contributed by atoms with Gasteiger partial charge in [-0.1, -0.05) is 59.8 Å². The van der Waals surface area contributed by atoms with E-state index in [1.807, 2.05) is 48.7 Å². The zero-order valence-corrected chi connectivity index (χ0v) is 26.1. The van der Waals surface area contributed by atoms with Gasteiger partial charge in [0.1, 0.15) is 0 Å². The summed E-state index contributed by atoms with van der Waals surface area (Å²) in [5.41, 5.74) is 2.17. The number of thioether (sulfide) groups is 1. The van der Waals surface area contributed by atoms with Gasteiger partial charge >= 0.3 is 6.18 Å². The fourth-order valence-corrected chi connectivity index (χ4v) is 7.00. The summed E-state index contributed by atoms with van der Waals surface area (Å²) in [6.45, 7) is 1.90. The van der Waals surface area contributed by atoms with Gasteiger partial charge in [-0.25, -0.2) is 5.01 Å². The largest absolute Gasteiger partial charge is 0.416 e. The highest BCUT2D eigenvalue weighted by Gasteiger charge is 2.34. The van der Waals surface area contributed by atoms with Crippen LogP contribution in [-0.2, 0) is 17.5 Å². The minimum Gasteiger partial charge on any atom is -0.344 e. The van der Waals surface area contributed by atoms with E-state index < -0.39 is 11.7 Å². The van der Waals surface area contributed by atoms with E-state index in [1.165, 1.54) is 33.0 Å². The molecule has 3 aromatic heterocycles. The maximum Gasteiger partial charge on any atom is 0.416 e. The highest BCUT2D eigenvalue weighted by molar-refractivity contribution is 7.99. The molecule has 0 aliphatic carbocycles. The predicted molar refractivity (Wildman–Crippen MR) is 169 cm³/mol. The second kappa shape index (κ2) is 13.0. The molecule has 2 aromatic carbocycles. The van der Waals surface area contributed by atoms with Crippen molar-refractivity contribution in [2.75, 3.05) is 5.75 Å². The van der Waals surface area contributed by atoms with Crippen LogP contribution < -0.4 is 5.32 Å². The zero-order valence-electron chi connectivity index (χ0n) is 23.7. The van der Waals surface area contributed by atoms with Crippen LogP contribution in [0.3, 0.4) is 0 Å². The van der Waals surface area contributed by atoms with Crippen molar-refractivity contribution in [2.24, 2.45) is 5.10 Å². The lowest BCUT2D eigenvalue weighted by Crippen LogP contribution is -2.28. The average Bonchev–Trinajstić information content (AvgIpc) is 3.85. The van der Waals surface area contributed by atoms with Gasteiger partial charge in [-0.05, 0) is 53.6 Å². The van der Waals surface area contributed by atoms with Crippen molar-refractivity contribution in [1.29, 1.82) is 0 Å². The van der Waals surface area contributed by atoms with E-state index in [4.69, 9.17) is 5.10 Å². The Morgan fingerprint density at radius 2 is 1.78 bits per heavy atom. The number of carbonyl (C=O) groups is 2. The van der Waals surface area contributed by atoms with E-state index in [0.717, 1.165) is 45.6 Å². The number of benzene rings is 2. The van der Waals surface area contributed by atoms with E-state index in [9.17, 15) is 22.8 Å². The van der Waals surface area contributed by atoms with E-state index in [2.05, 4.69) is 15.5 Å². The summed E-state index contributed by atoms with van der Waals surface area (Å²) in [6.07, 6.45) is -4.02. The molecule has 2 amide bonds. The number of nitrogens with one attached hydrogen (secondary N) is 1. The first-order valence-electron chi connectivity index (χ1n) is 13.7. The van der Waals surface area contributed by atoms with Crippen molar-refractivity contribution in [3.63, 3.8) is 0 Å².